The minimum atomic E-state index is -3.55. The Morgan fingerprint density at radius 1 is 1.08 bits per heavy atom. The number of piperazine rings is 1. The average molecular weight is 369 g/mol. The highest BCUT2D eigenvalue weighted by Gasteiger charge is 2.35. The van der Waals surface area contributed by atoms with Crippen molar-refractivity contribution in [1.82, 2.24) is 9.62 Å². The molecular weight excluding hydrogens is 348 g/mol. The van der Waals surface area contributed by atoms with E-state index in [1.54, 1.807) is 35.7 Å². The molecule has 1 saturated heterocycles. The van der Waals surface area contributed by atoms with Gasteiger partial charge in [-0.15, -0.1) is 12.4 Å². The summed E-state index contributed by atoms with van der Waals surface area (Å²) in [6, 6.07) is 15.8. The van der Waals surface area contributed by atoms with Crippen LogP contribution in [0.4, 0.5) is 0 Å². The summed E-state index contributed by atoms with van der Waals surface area (Å²) in [7, 11) is -1.94. The van der Waals surface area contributed by atoms with E-state index in [4.69, 9.17) is 4.74 Å². The van der Waals surface area contributed by atoms with E-state index in [0.717, 1.165) is 5.56 Å². The third-order valence-electron chi connectivity index (χ3n) is 4.04. The number of hydrogen-bond acceptors (Lipinski definition) is 4. The van der Waals surface area contributed by atoms with Gasteiger partial charge in [0.05, 0.1) is 18.0 Å². The van der Waals surface area contributed by atoms with Gasteiger partial charge in [0.1, 0.15) is 5.75 Å². The highest BCUT2D eigenvalue weighted by molar-refractivity contribution is 7.89. The highest BCUT2D eigenvalue weighted by atomic mass is 35.5. The molecule has 0 amide bonds. The van der Waals surface area contributed by atoms with Gasteiger partial charge in [-0.25, -0.2) is 8.42 Å². The van der Waals surface area contributed by atoms with Crippen LogP contribution in [0, 0.1) is 0 Å². The molecule has 24 heavy (non-hydrogen) atoms. The maximum absolute atomic E-state index is 13.0. The molecule has 2 aromatic carbocycles. The Morgan fingerprint density at radius 3 is 2.46 bits per heavy atom. The molecule has 0 saturated carbocycles. The number of sulfonamides is 1. The van der Waals surface area contributed by atoms with Gasteiger partial charge in [-0.2, -0.15) is 4.31 Å². The monoisotopic (exact) mass is 368 g/mol. The van der Waals surface area contributed by atoms with Gasteiger partial charge in [-0.05, 0) is 18.2 Å². The van der Waals surface area contributed by atoms with Gasteiger partial charge in [-0.3, -0.25) is 0 Å². The van der Waals surface area contributed by atoms with Crippen molar-refractivity contribution in [1.29, 1.82) is 0 Å². The van der Waals surface area contributed by atoms with Crippen molar-refractivity contribution in [3.63, 3.8) is 0 Å². The fourth-order valence-corrected chi connectivity index (χ4v) is 4.53. The van der Waals surface area contributed by atoms with Crippen molar-refractivity contribution in [2.45, 2.75) is 10.9 Å². The molecule has 1 fully saturated rings. The zero-order chi connectivity index (χ0) is 16.3. The highest BCUT2D eigenvalue weighted by Crippen LogP contribution is 2.33. The van der Waals surface area contributed by atoms with Gasteiger partial charge in [0.2, 0.25) is 10.0 Å². The van der Waals surface area contributed by atoms with Crippen LogP contribution in [0.3, 0.4) is 0 Å². The summed E-state index contributed by atoms with van der Waals surface area (Å²) in [5.41, 5.74) is 0.877. The van der Waals surface area contributed by atoms with Crippen molar-refractivity contribution >= 4 is 22.4 Å². The molecule has 1 atom stereocenters. The largest absolute Gasteiger partial charge is 0.496 e. The second-order valence-electron chi connectivity index (χ2n) is 5.39. The molecule has 0 aliphatic carbocycles. The lowest BCUT2D eigenvalue weighted by Crippen LogP contribution is -2.48. The number of methoxy groups -OCH3 is 1. The summed E-state index contributed by atoms with van der Waals surface area (Å²) in [6.07, 6.45) is 0. The molecular formula is C17H21ClN2O3S. The first-order valence-corrected chi connectivity index (χ1v) is 8.99. The normalized spacial score (nSPS) is 18.6. The van der Waals surface area contributed by atoms with E-state index >= 15 is 0 Å². The lowest BCUT2D eigenvalue weighted by atomic mass is 10.0. The Hall–Kier alpha value is -1.60. The molecule has 1 aliphatic rings. The van der Waals surface area contributed by atoms with Gasteiger partial charge in [0.25, 0.3) is 0 Å². The van der Waals surface area contributed by atoms with Crippen LogP contribution in [-0.2, 0) is 10.0 Å². The molecule has 7 heteroatoms. The second kappa shape index (κ2) is 7.98. The summed E-state index contributed by atoms with van der Waals surface area (Å²) in [6.45, 7) is 1.63. The van der Waals surface area contributed by atoms with Crippen LogP contribution in [0.1, 0.15) is 11.6 Å². The van der Waals surface area contributed by atoms with E-state index in [0.29, 0.717) is 30.3 Å². The summed E-state index contributed by atoms with van der Waals surface area (Å²) >= 11 is 0. The van der Waals surface area contributed by atoms with Crippen molar-refractivity contribution in [3.8, 4) is 5.75 Å². The molecule has 3 rings (SSSR count). The van der Waals surface area contributed by atoms with Crippen molar-refractivity contribution < 1.29 is 13.2 Å². The quantitative estimate of drug-likeness (QED) is 0.900. The summed E-state index contributed by atoms with van der Waals surface area (Å²) in [5.74, 6) is 0.703. The third kappa shape index (κ3) is 3.57. The number of benzene rings is 2. The Kier molecular flexibility index (Phi) is 6.23. The first-order chi connectivity index (χ1) is 11.1. The Labute approximate surface area is 149 Å². The van der Waals surface area contributed by atoms with Crippen LogP contribution in [0.5, 0.6) is 5.75 Å². The van der Waals surface area contributed by atoms with Gasteiger partial charge < -0.3 is 10.1 Å². The number of ether oxygens (including phenoxy) is 1. The predicted molar refractivity (Wildman–Crippen MR) is 96.2 cm³/mol. The zero-order valence-electron chi connectivity index (χ0n) is 13.4. The molecule has 1 N–H and O–H groups in total. The molecule has 0 radical (unpaired) electrons. The Morgan fingerprint density at radius 2 is 1.75 bits per heavy atom. The summed E-state index contributed by atoms with van der Waals surface area (Å²) in [5, 5.41) is 3.28. The molecule has 1 unspecified atom stereocenters. The molecule has 1 heterocycles. The number of para-hydroxylation sites is 1. The first-order valence-electron chi connectivity index (χ1n) is 7.55. The van der Waals surface area contributed by atoms with E-state index in [1.807, 2.05) is 30.3 Å². The molecule has 0 bridgehead atoms. The second-order valence-corrected chi connectivity index (χ2v) is 7.28. The molecule has 0 aromatic heterocycles. The van der Waals surface area contributed by atoms with E-state index in [-0.39, 0.29) is 18.4 Å². The number of rotatable bonds is 4. The molecule has 5 nitrogen and oxygen atoms in total. The topological polar surface area (TPSA) is 58.6 Å². The van der Waals surface area contributed by atoms with Crippen LogP contribution in [0.15, 0.2) is 59.5 Å². The molecule has 1 aliphatic heterocycles. The zero-order valence-corrected chi connectivity index (χ0v) is 15.0. The van der Waals surface area contributed by atoms with Crippen LogP contribution in [0.25, 0.3) is 0 Å². The number of nitrogens with zero attached hydrogens (tertiary/aromatic N) is 1. The smallest absolute Gasteiger partial charge is 0.243 e. The van der Waals surface area contributed by atoms with Crippen molar-refractivity contribution in [2.24, 2.45) is 0 Å². The first kappa shape index (κ1) is 18.7. The van der Waals surface area contributed by atoms with Gasteiger partial charge in [-0.1, -0.05) is 36.4 Å². The van der Waals surface area contributed by atoms with Gasteiger partial charge >= 0.3 is 0 Å². The maximum atomic E-state index is 13.0. The van der Waals surface area contributed by atoms with Crippen LogP contribution in [0.2, 0.25) is 0 Å². The Balaban J connectivity index is 0.00000208. The van der Waals surface area contributed by atoms with Crippen LogP contribution >= 0.6 is 12.4 Å². The maximum Gasteiger partial charge on any atom is 0.243 e. The number of nitrogens with one attached hydrogen (secondary N) is 1. The fourth-order valence-electron chi connectivity index (χ4n) is 2.91. The Bertz CT molecular complexity index is 768. The third-order valence-corrected chi connectivity index (χ3v) is 5.96. The fraction of sp³-hybridized carbons (Fsp3) is 0.294. The number of hydrogen-bond donors (Lipinski definition) is 1. The van der Waals surface area contributed by atoms with Gasteiger partial charge in [0, 0.05) is 25.2 Å². The lowest BCUT2D eigenvalue weighted by molar-refractivity contribution is 0.264. The van der Waals surface area contributed by atoms with E-state index in [1.165, 1.54) is 0 Å². The minimum absolute atomic E-state index is 0. The van der Waals surface area contributed by atoms with Crippen molar-refractivity contribution in [2.75, 3.05) is 26.7 Å². The predicted octanol–water partition coefficient (Wildman–Crippen LogP) is 2.45. The molecule has 2 aromatic rings. The minimum Gasteiger partial charge on any atom is -0.496 e. The van der Waals surface area contributed by atoms with Crippen LogP contribution in [-0.4, -0.2) is 39.5 Å². The summed E-state index contributed by atoms with van der Waals surface area (Å²) < 4.78 is 33.0. The van der Waals surface area contributed by atoms with Gasteiger partial charge in [0.15, 0.2) is 0 Å². The average Bonchev–Trinajstić information content (AvgIpc) is 2.62. The van der Waals surface area contributed by atoms with E-state index in [2.05, 4.69) is 5.32 Å². The SMILES string of the molecule is COc1ccccc1C1CNCCN1S(=O)(=O)c1ccccc1.Cl. The van der Waals surface area contributed by atoms with E-state index < -0.39 is 10.0 Å². The van der Waals surface area contributed by atoms with Crippen LogP contribution < -0.4 is 10.1 Å². The van der Waals surface area contributed by atoms with Crippen molar-refractivity contribution in [3.05, 3.63) is 60.2 Å². The lowest BCUT2D eigenvalue weighted by Gasteiger charge is -2.36. The molecule has 0 spiro atoms. The molecule has 130 valence electrons. The number of halogens is 1. The van der Waals surface area contributed by atoms with E-state index in [9.17, 15) is 8.42 Å². The summed E-state index contributed by atoms with van der Waals surface area (Å²) in [4.78, 5) is 0.321. The standard InChI is InChI=1S/C17H20N2O3S.ClH/c1-22-17-10-6-5-9-15(17)16-13-18-11-12-19(16)23(20,21)14-7-3-2-4-8-14;/h2-10,16,18H,11-13H2,1H3;1H.